The van der Waals surface area contributed by atoms with E-state index in [0.717, 1.165) is 24.6 Å². The molecule has 0 aliphatic heterocycles. The Kier molecular flexibility index (Phi) is 3.82. The average Bonchev–Trinajstić information content (AvgIpc) is 3.16. The van der Waals surface area contributed by atoms with Gasteiger partial charge in [-0.05, 0) is 19.3 Å². The molecule has 0 aromatic carbocycles. The van der Waals surface area contributed by atoms with E-state index in [1.807, 2.05) is 0 Å². The van der Waals surface area contributed by atoms with Gasteiger partial charge in [-0.2, -0.15) is 15.1 Å². The molecule has 9 heteroatoms. The SMILES string of the molecule is NNc1nc(NCCCC(=O)NC2CC2)c2cn[nH]c2n1. The van der Waals surface area contributed by atoms with E-state index in [4.69, 9.17) is 5.84 Å². The number of nitrogens with zero attached hydrogens (tertiary/aromatic N) is 3. The molecule has 0 spiro atoms. The van der Waals surface area contributed by atoms with Gasteiger partial charge in [0.05, 0.1) is 11.6 Å². The molecule has 1 fully saturated rings. The summed E-state index contributed by atoms with van der Waals surface area (Å²) in [6, 6.07) is 0.413. The Morgan fingerprint density at radius 2 is 2.29 bits per heavy atom. The first kappa shape index (κ1) is 13.6. The maximum atomic E-state index is 11.6. The Bertz CT molecular complexity index is 635. The number of hydrazine groups is 1. The Labute approximate surface area is 121 Å². The van der Waals surface area contributed by atoms with Gasteiger partial charge in [-0.25, -0.2) is 5.84 Å². The highest BCUT2D eigenvalue weighted by Gasteiger charge is 2.22. The van der Waals surface area contributed by atoms with Crippen molar-refractivity contribution in [2.45, 2.75) is 31.7 Å². The number of nitrogens with two attached hydrogens (primary N) is 1. The number of hydrogen-bond donors (Lipinski definition) is 5. The van der Waals surface area contributed by atoms with Crippen LogP contribution in [0.5, 0.6) is 0 Å². The molecule has 2 aromatic rings. The lowest BCUT2D eigenvalue weighted by molar-refractivity contribution is -0.121. The summed E-state index contributed by atoms with van der Waals surface area (Å²) in [5.74, 6) is 6.40. The first-order chi connectivity index (χ1) is 10.3. The molecule has 3 rings (SSSR count). The molecule has 9 nitrogen and oxygen atoms in total. The van der Waals surface area contributed by atoms with E-state index in [0.29, 0.717) is 36.4 Å². The minimum atomic E-state index is 0.111. The Morgan fingerprint density at radius 3 is 3.05 bits per heavy atom. The molecular weight excluding hydrogens is 272 g/mol. The average molecular weight is 290 g/mol. The molecule has 1 aliphatic rings. The third kappa shape index (κ3) is 3.37. The monoisotopic (exact) mass is 290 g/mol. The second kappa shape index (κ2) is 5.92. The molecule has 0 atom stereocenters. The number of aromatic nitrogens is 4. The predicted octanol–water partition coefficient (Wildman–Crippen LogP) is 0.109. The number of nitrogen functional groups attached to an aromatic ring is 1. The van der Waals surface area contributed by atoms with Crippen molar-refractivity contribution in [3.63, 3.8) is 0 Å². The lowest BCUT2D eigenvalue weighted by Crippen LogP contribution is -2.25. The van der Waals surface area contributed by atoms with Gasteiger partial charge in [0.25, 0.3) is 0 Å². The van der Waals surface area contributed by atoms with Crippen LogP contribution in [0.4, 0.5) is 11.8 Å². The highest BCUT2D eigenvalue weighted by Crippen LogP contribution is 2.20. The van der Waals surface area contributed by atoms with Crippen LogP contribution in [0.1, 0.15) is 25.7 Å². The van der Waals surface area contributed by atoms with Gasteiger partial charge in [0.15, 0.2) is 5.65 Å². The number of nitrogens with one attached hydrogen (secondary N) is 4. The van der Waals surface area contributed by atoms with E-state index in [-0.39, 0.29) is 5.91 Å². The second-order valence-electron chi connectivity index (χ2n) is 5.04. The Morgan fingerprint density at radius 1 is 1.43 bits per heavy atom. The largest absolute Gasteiger partial charge is 0.369 e. The van der Waals surface area contributed by atoms with E-state index in [9.17, 15) is 4.79 Å². The third-order valence-electron chi connectivity index (χ3n) is 3.25. The molecule has 1 saturated carbocycles. The molecule has 0 bridgehead atoms. The summed E-state index contributed by atoms with van der Waals surface area (Å²) >= 11 is 0. The first-order valence-corrected chi connectivity index (χ1v) is 6.97. The van der Waals surface area contributed by atoms with Gasteiger partial charge >= 0.3 is 0 Å². The van der Waals surface area contributed by atoms with Gasteiger partial charge in [-0.3, -0.25) is 15.3 Å². The van der Waals surface area contributed by atoms with Gasteiger partial charge in [0.2, 0.25) is 11.9 Å². The van der Waals surface area contributed by atoms with Crippen molar-refractivity contribution < 1.29 is 4.79 Å². The highest BCUT2D eigenvalue weighted by atomic mass is 16.1. The van der Waals surface area contributed by atoms with Crippen molar-refractivity contribution >= 4 is 28.7 Å². The van der Waals surface area contributed by atoms with Crippen molar-refractivity contribution in [1.82, 2.24) is 25.5 Å². The summed E-state index contributed by atoms with van der Waals surface area (Å²) in [5.41, 5.74) is 3.02. The summed E-state index contributed by atoms with van der Waals surface area (Å²) in [5, 5.41) is 13.6. The zero-order chi connectivity index (χ0) is 14.7. The van der Waals surface area contributed by atoms with E-state index in [2.05, 4.69) is 36.2 Å². The number of carbonyl (C=O) groups excluding carboxylic acids is 1. The van der Waals surface area contributed by atoms with Crippen LogP contribution in [-0.2, 0) is 4.79 Å². The van der Waals surface area contributed by atoms with Crippen LogP contribution in [0, 0.1) is 0 Å². The van der Waals surface area contributed by atoms with Crippen LogP contribution in [0.15, 0.2) is 6.20 Å². The minimum Gasteiger partial charge on any atom is -0.369 e. The minimum absolute atomic E-state index is 0.111. The van der Waals surface area contributed by atoms with E-state index in [1.165, 1.54) is 0 Å². The normalized spacial score (nSPS) is 14.1. The smallest absolute Gasteiger partial charge is 0.241 e. The van der Waals surface area contributed by atoms with Crippen molar-refractivity contribution in [3.8, 4) is 0 Å². The maximum absolute atomic E-state index is 11.6. The van der Waals surface area contributed by atoms with E-state index in [1.54, 1.807) is 6.20 Å². The van der Waals surface area contributed by atoms with Crippen LogP contribution < -0.4 is 21.9 Å². The zero-order valence-electron chi connectivity index (χ0n) is 11.5. The summed E-state index contributed by atoms with van der Waals surface area (Å²) < 4.78 is 0. The molecular formula is C12H18N8O. The number of carbonyl (C=O) groups is 1. The maximum Gasteiger partial charge on any atom is 0.241 e. The standard InChI is InChI=1S/C12H18N8O/c13-19-12-17-10(8-6-15-20-11(8)18-12)14-5-1-2-9(21)16-7-3-4-7/h6-7H,1-5,13H2,(H,16,21)(H3,14,15,17,18,19,20). The molecule has 2 heterocycles. The van der Waals surface area contributed by atoms with Crippen molar-refractivity contribution in [1.29, 1.82) is 0 Å². The number of amides is 1. The topological polar surface area (TPSA) is 134 Å². The highest BCUT2D eigenvalue weighted by molar-refractivity contribution is 5.86. The van der Waals surface area contributed by atoms with Crippen LogP contribution in [0.25, 0.3) is 11.0 Å². The predicted molar refractivity (Wildman–Crippen MR) is 78.4 cm³/mol. The lowest BCUT2D eigenvalue weighted by atomic mass is 10.3. The molecule has 0 unspecified atom stereocenters. The molecule has 1 amide bonds. The summed E-state index contributed by atoms with van der Waals surface area (Å²) in [7, 11) is 0. The van der Waals surface area contributed by atoms with Crippen molar-refractivity contribution in [2.75, 3.05) is 17.3 Å². The van der Waals surface area contributed by atoms with Crippen molar-refractivity contribution in [2.24, 2.45) is 5.84 Å². The van der Waals surface area contributed by atoms with Gasteiger partial charge in [0.1, 0.15) is 5.82 Å². The van der Waals surface area contributed by atoms with E-state index < -0.39 is 0 Å². The number of aromatic amines is 1. The molecule has 112 valence electrons. The fourth-order valence-corrected chi connectivity index (χ4v) is 2.02. The molecule has 2 aromatic heterocycles. The van der Waals surface area contributed by atoms with Crippen LogP contribution in [-0.4, -0.2) is 38.7 Å². The molecule has 0 saturated heterocycles. The quantitative estimate of drug-likeness (QED) is 0.277. The van der Waals surface area contributed by atoms with Gasteiger partial charge < -0.3 is 10.6 Å². The fraction of sp³-hybridized carbons (Fsp3) is 0.500. The first-order valence-electron chi connectivity index (χ1n) is 6.97. The van der Waals surface area contributed by atoms with Crippen molar-refractivity contribution in [3.05, 3.63) is 6.20 Å². The summed E-state index contributed by atoms with van der Waals surface area (Å²) in [6.07, 6.45) is 5.10. The van der Waals surface area contributed by atoms with Crippen LogP contribution in [0.3, 0.4) is 0 Å². The number of anilines is 2. The number of rotatable bonds is 7. The molecule has 6 N–H and O–H groups in total. The van der Waals surface area contributed by atoms with Gasteiger partial charge in [-0.15, -0.1) is 0 Å². The number of H-pyrrole nitrogens is 1. The fourth-order valence-electron chi connectivity index (χ4n) is 2.02. The Hall–Kier alpha value is -2.42. The van der Waals surface area contributed by atoms with E-state index >= 15 is 0 Å². The van der Waals surface area contributed by atoms with Crippen LogP contribution >= 0.6 is 0 Å². The zero-order valence-corrected chi connectivity index (χ0v) is 11.5. The molecule has 21 heavy (non-hydrogen) atoms. The lowest BCUT2D eigenvalue weighted by Gasteiger charge is -2.08. The number of fused-ring (bicyclic) bond motifs is 1. The van der Waals surface area contributed by atoms with Crippen LogP contribution in [0.2, 0.25) is 0 Å². The second-order valence-corrected chi connectivity index (χ2v) is 5.04. The summed E-state index contributed by atoms with van der Waals surface area (Å²) in [4.78, 5) is 20.0. The summed E-state index contributed by atoms with van der Waals surface area (Å²) in [6.45, 7) is 0.638. The molecule has 0 radical (unpaired) electrons. The molecule has 1 aliphatic carbocycles. The van der Waals surface area contributed by atoms with Gasteiger partial charge in [0, 0.05) is 19.0 Å². The third-order valence-corrected chi connectivity index (χ3v) is 3.25. The van der Waals surface area contributed by atoms with Gasteiger partial charge in [-0.1, -0.05) is 0 Å². The Balaban J connectivity index is 1.54. The number of hydrogen-bond acceptors (Lipinski definition) is 7.